The number of fused-ring (bicyclic) bond motifs is 1. The molecule has 1 aromatic rings. The fourth-order valence-corrected chi connectivity index (χ4v) is 2.08. The molecule has 0 unspecified atom stereocenters. The summed E-state index contributed by atoms with van der Waals surface area (Å²) in [6.07, 6.45) is 0.935. The Morgan fingerprint density at radius 1 is 1.56 bits per heavy atom. The Balaban J connectivity index is 2.32. The molecule has 2 heterocycles. The second-order valence-electron chi connectivity index (χ2n) is 5.11. The van der Waals surface area contributed by atoms with Crippen LogP contribution in [0.1, 0.15) is 26.3 Å². The molecule has 4 nitrogen and oxygen atoms in total. The summed E-state index contributed by atoms with van der Waals surface area (Å²) in [5.41, 5.74) is 0.124. The van der Waals surface area contributed by atoms with Crippen LogP contribution >= 0.6 is 11.6 Å². The second kappa shape index (κ2) is 4.39. The summed E-state index contributed by atoms with van der Waals surface area (Å²) < 4.78 is 19.0. The summed E-state index contributed by atoms with van der Waals surface area (Å²) in [5, 5.41) is 0.234. The Labute approximate surface area is 110 Å². The van der Waals surface area contributed by atoms with E-state index in [0.29, 0.717) is 18.5 Å². The van der Waals surface area contributed by atoms with Crippen molar-refractivity contribution in [2.45, 2.75) is 32.8 Å². The molecule has 0 saturated carbocycles. The number of hydrogen-bond acceptors (Lipinski definition) is 3. The van der Waals surface area contributed by atoms with Crippen molar-refractivity contribution in [3.63, 3.8) is 0 Å². The molecule has 0 aromatic carbocycles. The van der Waals surface area contributed by atoms with Crippen molar-refractivity contribution in [1.82, 2.24) is 4.98 Å². The fourth-order valence-electron chi connectivity index (χ4n) is 1.84. The largest absolute Gasteiger partial charge is 0.443 e. The zero-order chi connectivity index (χ0) is 13.5. The monoisotopic (exact) mass is 272 g/mol. The third-order valence-electron chi connectivity index (χ3n) is 2.52. The van der Waals surface area contributed by atoms with Gasteiger partial charge in [0.2, 0.25) is 0 Å². The standard InChI is InChI=1S/C12H14ClFN2O2/c1-12(2,3)18-11(17)16-5-4-7-9(16)8(14)6-15-10(7)13/h6H,4-5H2,1-3H3. The molecular weight excluding hydrogens is 259 g/mol. The van der Waals surface area contributed by atoms with E-state index >= 15 is 0 Å². The van der Waals surface area contributed by atoms with Crippen molar-refractivity contribution in [3.8, 4) is 0 Å². The minimum Gasteiger partial charge on any atom is -0.443 e. The van der Waals surface area contributed by atoms with Gasteiger partial charge in [-0.2, -0.15) is 0 Å². The van der Waals surface area contributed by atoms with E-state index in [4.69, 9.17) is 16.3 Å². The molecule has 6 heteroatoms. The van der Waals surface area contributed by atoms with Crippen molar-refractivity contribution >= 4 is 23.4 Å². The van der Waals surface area contributed by atoms with Gasteiger partial charge in [0.05, 0.1) is 11.9 Å². The van der Waals surface area contributed by atoms with E-state index < -0.39 is 17.5 Å². The number of aromatic nitrogens is 1. The SMILES string of the molecule is CC(C)(C)OC(=O)N1CCc2c(Cl)ncc(F)c21. The van der Waals surface area contributed by atoms with Crippen LogP contribution in [0.2, 0.25) is 5.15 Å². The third-order valence-corrected chi connectivity index (χ3v) is 2.85. The Morgan fingerprint density at radius 2 is 2.22 bits per heavy atom. The zero-order valence-corrected chi connectivity index (χ0v) is 11.2. The van der Waals surface area contributed by atoms with Gasteiger partial charge in [-0.1, -0.05) is 11.6 Å². The van der Waals surface area contributed by atoms with Gasteiger partial charge in [0.25, 0.3) is 0 Å². The van der Waals surface area contributed by atoms with Crippen LogP contribution in [0.25, 0.3) is 0 Å². The van der Waals surface area contributed by atoms with E-state index in [1.807, 2.05) is 0 Å². The highest BCUT2D eigenvalue weighted by atomic mass is 35.5. The highest BCUT2D eigenvalue weighted by molar-refractivity contribution is 6.30. The average Bonchev–Trinajstić information content (AvgIpc) is 2.66. The Hall–Kier alpha value is -1.36. The lowest BCUT2D eigenvalue weighted by Crippen LogP contribution is -2.36. The van der Waals surface area contributed by atoms with Crippen molar-refractivity contribution < 1.29 is 13.9 Å². The van der Waals surface area contributed by atoms with Crippen molar-refractivity contribution in [2.75, 3.05) is 11.4 Å². The quantitative estimate of drug-likeness (QED) is 0.681. The Morgan fingerprint density at radius 3 is 2.83 bits per heavy atom. The summed E-state index contributed by atoms with van der Waals surface area (Å²) in [4.78, 5) is 17.0. The number of carbonyl (C=O) groups excluding carboxylic acids is 1. The van der Waals surface area contributed by atoms with Crippen molar-refractivity contribution in [1.29, 1.82) is 0 Å². The maximum Gasteiger partial charge on any atom is 0.414 e. The lowest BCUT2D eigenvalue weighted by Gasteiger charge is -2.24. The lowest BCUT2D eigenvalue weighted by molar-refractivity contribution is 0.0583. The summed E-state index contributed by atoms with van der Waals surface area (Å²) in [7, 11) is 0. The van der Waals surface area contributed by atoms with Crippen LogP contribution in [0.5, 0.6) is 0 Å². The highest BCUT2D eigenvalue weighted by Crippen LogP contribution is 2.35. The van der Waals surface area contributed by atoms with Gasteiger partial charge >= 0.3 is 6.09 Å². The maximum absolute atomic E-state index is 13.7. The van der Waals surface area contributed by atoms with Gasteiger partial charge in [-0.05, 0) is 27.2 Å². The highest BCUT2D eigenvalue weighted by Gasteiger charge is 2.33. The van der Waals surface area contributed by atoms with Gasteiger partial charge in [-0.25, -0.2) is 14.2 Å². The van der Waals surface area contributed by atoms with E-state index in [1.165, 1.54) is 4.90 Å². The number of halogens is 2. The molecule has 0 spiro atoms. The van der Waals surface area contributed by atoms with Crippen LogP contribution in [-0.4, -0.2) is 23.2 Å². The number of nitrogens with zero attached hydrogens (tertiary/aromatic N) is 2. The predicted molar refractivity (Wildman–Crippen MR) is 66.5 cm³/mol. The second-order valence-corrected chi connectivity index (χ2v) is 5.46. The van der Waals surface area contributed by atoms with Crippen LogP contribution in [0.3, 0.4) is 0 Å². The maximum atomic E-state index is 13.7. The van der Waals surface area contributed by atoms with Gasteiger partial charge in [-0.15, -0.1) is 0 Å². The summed E-state index contributed by atoms with van der Waals surface area (Å²) in [6.45, 7) is 5.64. The molecule has 0 radical (unpaired) electrons. The first-order valence-electron chi connectivity index (χ1n) is 5.63. The minimum atomic E-state index is -0.618. The van der Waals surface area contributed by atoms with E-state index in [1.54, 1.807) is 20.8 Å². The number of rotatable bonds is 0. The molecular formula is C12H14ClFN2O2. The summed E-state index contributed by atoms with van der Waals surface area (Å²) in [5.74, 6) is -0.558. The zero-order valence-electron chi connectivity index (χ0n) is 10.5. The Bertz CT molecular complexity index is 500. The van der Waals surface area contributed by atoms with Crippen LogP contribution < -0.4 is 4.90 Å². The molecule has 1 amide bonds. The minimum absolute atomic E-state index is 0.184. The number of hydrogen-bond donors (Lipinski definition) is 0. The van der Waals surface area contributed by atoms with Crippen molar-refractivity contribution in [2.24, 2.45) is 0 Å². The van der Waals surface area contributed by atoms with Gasteiger partial charge in [0, 0.05) is 12.1 Å². The molecule has 1 aliphatic heterocycles. The van der Waals surface area contributed by atoms with E-state index in [9.17, 15) is 9.18 Å². The van der Waals surface area contributed by atoms with Gasteiger partial charge in [0.1, 0.15) is 10.8 Å². The number of ether oxygens (including phenoxy) is 1. The first-order valence-corrected chi connectivity index (χ1v) is 6.01. The molecule has 98 valence electrons. The summed E-state index contributed by atoms with van der Waals surface area (Å²) >= 11 is 5.89. The number of pyridine rings is 1. The van der Waals surface area contributed by atoms with Gasteiger partial charge < -0.3 is 4.74 Å². The van der Waals surface area contributed by atoms with Crippen molar-refractivity contribution in [3.05, 3.63) is 22.7 Å². The predicted octanol–water partition coefficient (Wildman–Crippen LogP) is 3.17. The molecule has 2 rings (SSSR count). The molecule has 1 aromatic heterocycles. The normalized spacial score (nSPS) is 14.6. The molecule has 0 atom stereocenters. The molecule has 0 aliphatic carbocycles. The fraction of sp³-hybridized carbons (Fsp3) is 0.500. The van der Waals surface area contributed by atoms with Crippen LogP contribution in [0.4, 0.5) is 14.9 Å². The molecule has 0 fully saturated rings. The topological polar surface area (TPSA) is 42.4 Å². The smallest absolute Gasteiger partial charge is 0.414 e. The van der Waals surface area contributed by atoms with E-state index in [2.05, 4.69) is 4.98 Å². The molecule has 1 aliphatic rings. The first kappa shape index (κ1) is 13.1. The third kappa shape index (κ3) is 2.41. The van der Waals surface area contributed by atoms with E-state index in [0.717, 1.165) is 6.20 Å². The van der Waals surface area contributed by atoms with Gasteiger partial charge in [-0.3, -0.25) is 4.90 Å². The average molecular weight is 273 g/mol. The van der Waals surface area contributed by atoms with Crippen LogP contribution in [0, 0.1) is 5.82 Å². The van der Waals surface area contributed by atoms with E-state index in [-0.39, 0.29) is 10.8 Å². The van der Waals surface area contributed by atoms with Crippen LogP contribution in [0.15, 0.2) is 6.20 Å². The number of amides is 1. The number of anilines is 1. The van der Waals surface area contributed by atoms with Crippen LogP contribution in [-0.2, 0) is 11.2 Å². The lowest BCUT2D eigenvalue weighted by atomic mass is 10.2. The van der Waals surface area contributed by atoms with Gasteiger partial charge in [0.15, 0.2) is 5.82 Å². The Kier molecular flexibility index (Phi) is 3.19. The molecule has 0 bridgehead atoms. The molecule has 18 heavy (non-hydrogen) atoms. The number of carbonyl (C=O) groups is 1. The summed E-state index contributed by atoms with van der Waals surface area (Å²) in [6, 6.07) is 0. The molecule has 0 saturated heterocycles. The first-order chi connectivity index (χ1) is 8.29. The molecule has 0 N–H and O–H groups in total.